The second kappa shape index (κ2) is 8.52. The van der Waals surface area contributed by atoms with E-state index in [4.69, 9.17) is 4.74 Å². The number of β-amino-alcohol motifs (C(OH)–C–C–N with tert-alkyl or cyclic N) is 1. The highest BCUT2D eigenvalue weighted by atomic mass is 16.5. The molecule has 7 heteroatoms. The highest BCUT2D eigenvalue weighted by Crippen LogP contribution is 2.26. The number of nitrogens with one attached hydrogen (secondary N) is 1. The Hall–Kier alpha value is -2.41. The third-order valence-corrected chi connectivity index (χ3v) is 4.52. The van der Waals surface area contributed by atoms with Crippen molar-refractivity contribution in [2.75, 3.05) is 6.54 Å². The maximum absolute atomic E-state index is 13.1. The van der Waals surface area contributed by atoms with E-state index in [2.05, 4.69) is 5.32 Å². The molecule has 1 aliphatic rings. The fraction of sp³-hybridized carbons (Fsp3) is 0.550. The molecule has 0 aromatic heterocycles. The molecular weight excluding hydrogens is 348 g/mol. The minimum Gasteiger partial charge on any atom is -0.459 e. The Bertz CT molecular complexity index is 683. The highest BCUT2D eigenvalue weighted by Gasteiger charge is 2.44. The van der Waals surface area contributed by atoms with Crippen LogP contribution in [0.5, 0.6) is 0 Å². The van der Waals surface area contributed by atoms with E-state index in [0.717, 1.165) is 5.56 Å². The number of esters is 1. The Morgan fingerprint density at radius 2 is 1.89 bits per heavy atom. The number of rotatable bonds is 5. The average Bonchev–Trinajstić information content (AvgIpc) is 2.99. The average molecular weight is 376 g/mol. The Balaban J connectivity index is 2.12. The van der Waals surface area contributed by atoms with Crippen LogP contribution < -0.4 is 5.32 Å². The van der Waals surface area contributed by atoms with Gasteiger partial charge in [-0.25, -0.2) is 4.79 Å². The van der Waals surface area contributed by atoms with Crippen LogP contribution in [0.1, 0.15) is 39.7 Å². The molecule has 0 radical (unpaired) electrons. The lowest BCUT2D eigenvalue weighted by atomic mass is 9.85. The zero-order valence-electron chi connectivity index (χ0n) is 16.3. The standard InChI is InChI=1S/C20H28N2O5/c1-13(23)21-17(20(2,3)4)18(25)22-11-15(24)10-16(22)19(26)27-12-14-8-6-5-7-9-14/h5-9,15-17,24H,10-12H2,1-4H3,(H,21,23)/t15-,16+,17-/m1/s1. The topological polar surface area (TPSA) is 95.9 Å². The molecule has 27 heavy (non-hydrogen) atoms. The first kappa shape index (κ1) is 20.9. The van der Waals surface area contributed by atoms with Crippen LogP contribution in [0.25, 0.3) is 0 Å². The van der Waals surface area contributed by atoms with E-state index in [0.29, 0.717) is 0 Å². The second-order valence-electron chi connectivity index (χ2n) is 7.99. The number of carbonyl (C=O) groups excluding carboxylic acids is 3. The summed E-state index contributed by atoms with van der Waals surface area (Å²) in [4.78, 5) is 38.5. The van der Waals surface area contributed by atoms with Crippen molar-refractivity contribution in [1.82, 2.24) is 10.2 Å². The third-order valence-electron chi connectivity index (χ3n) is 4.52. The van der Waals surface area contributed by atoms with Gasteiger partial charge >= 0.3 is 5.97 Å². The van der Waals surface area contributed by atoms with E-state index in [9.17, 15) is 19.5 Å². The maximum Gasteiger partial charge on any atom is 0.329 e. The number of aliphatic hydroxyl groups is 1. The Morgan fingerprint density at radius 3 is 2.44 bits per heavy atom. The first-order valence-electron chi connectivity index (χ1n) is 9.06. The quantitative estimate of drug-likeness (QED) is 0.754. The summed E-state index contributed by atoms with van der Waals surface area (Å²) in [5.41, 5.74) is 0.294. The van der Waals surface area contributed by atoms with Gasteiger partial charge in [0, 0.05) is 19.9 Å². The van der Waals surface area contributed by atoms with Gasteiger partial charge in [0.2, 0.25) is 11.8 Å². The number of benzene rings is 1. The van der Waals surface area contributed by atoms with Gasteiger partial charge in [0.25, 0.3) is 0 Å². The molecule has 2 N–H and O–H groups in total. The van der Waals surface area contributed by atoms with Gasteiger partial charge in [-0.2, -0.15) is 0 Å². The van der Waals surface area contributed by atoms with E-state index < -0.39 is 35.5 Å². The summed E-state index contributed by atoms with van der Waals surface area (Å²) in [6, 6.07) is 7.57. The number of nitrogens with zero attached hydrogens (tertiary/aromatic N) is 1. The molecule has 1 heterocycles. The lowest BCUT2D eigenvalue weighted by molar-refractivity contribution is -0.156. The number of aliphatic hydroxyl groups excluding tert-OH is 1. The molecule has 1 aromatic rings. The smallest absolute Gasteiger partial charge is 0.329 e. The summed E-state index contributed by atoms with van der Waals surface area (Å²) < 4.78 is 5.36. The minimum absolute atomic E-state index is 0.0378. The minimum atomic E-state index is -0.866. The molecule has 0 saturated carbocycles. The van der Waals surface area contributed by atoms with Crippen LogP contribution >= 0.6 is 0 Å². The van der Waals surface area contributed by atoms with Crippen LogP contribution in [-0.4, -0.2) is 52.5 Å². The molecule has 2 amide bonds. The Kier molecular flexibility index (Phi) is 6.59. The Morgan fingerprint density at radius 1 is 1.26 bits per heavy atom. The number of amides is 2. The predicted octanol–water partition coefficient (Wildman–Crippen LogP) is 1.24. The van der Waals surface area contributed by atoms with Crippen molar-refractivity contribution in [3.05, 3.63) is 35.9 Å². The van der Waals surface area contributed by atoms with Crippen molar-refractivity contribution in [2.24, 2.45) is 5.41 Å². The van der Waals surface area contributed by atoms with Gasteiger partial charge in [-0.15, -0.1) is 0 Å². The fourth-order valence-electron chi connectivity index (χ4n) is 3.12. The van der Waals surface area contributed by atoms with E-state index in [-0.39, 0.29) is 25.5 Å². The fourth-order valence-corrected chi connectivity index (χ4v) is 3.12. The normalized spacial score (nSPS) is 20.9. The summed E-state index contributed by atoms with van der Waals surface area (Å²) in [6.45, 7) is 6.98. The van der Waals surface area contributed by atoms with E-state index in [1.807, 2.05) is 51.1 Å². The van der Waals surface area contributed by atoms with E-state index >= 15 is 0 Å². The lowest BCUT2D eigenvalue weighted by Gasteiger charge is -2.34. The van der Waals surface area contributed by atoms with Crippen LogP contribution in [-0.2, 0) is 25.7 Å². The number of hydrogen-bond donors (Lipinski definition) is 2. The predicted molar refractivity (Wildman–Crippen MR) is 99.4 cm³/mol. The van der Waals surface area contributed by atoms with Gasteiger partial charge in [0.05, 0.1) is 6.10 Å². The molecule has 0 aliphatic carbocycles. The lowest BCUT2D eigenvalue weighted by Crippen LogP contribution is -2.56. The summed E-state index contributed by atoms with van der Waals surface area (Å²) in [5.74, 6) is -1.28. The molecule has 7 nitrogen and oxygen atoms in total. The van der Waals surface area contributed by atoms with Gasteiger partial charge in [0.15, 0.2) is 0 Å². The summed E-state index contributed by atoms with van der Waals surface area (Å²) in [7, 11) is 0. The molecule has 148 valence electrons. The number of hydrogen-bond acceptors (Lipinski definition) is 5. The molecule has 1 aliphatic heterocycles. The van der Waals surface area contributed by atoms with Gasteiger partial charge in [0.1, 0.15) is 18.7 Å². The van der Waals surface area contributed by atoms with Crippen LogP contribution in [0.15, 0.2) is 30.3 Å². The van der Waals surface area contributed by atoms with Crippen LogP contribution in [0.4, 0.5) is 0 Å². The zero-order valence-corrected chi connectivity index (χ0v) is 16.3. The van der Waals surface area contributed by atoms with Crippen LogP contribution in [0.2, 0.25) is 0 Å². The van der Waals surface area contributed by atoms with Crippen molar-refractivity contribution in [1.29, 1.82) is 0 Å². The van der Waals surface area contributed by atoms with Gasteiger partial charge < -0.3 is 20.1 Å². The summed E-state index contributed by atoms with van der Waals surface area (Å²) in [6.07, 6.45) is -0.683. The molecule has 1 aromatic carbocycles. The summed E-state index contributed by atoms with van der Waals surface area (Å²) in [5, 5.41) is 12.7. The zero-order chi connectivity index (χ0) is 20.2. The molecule has 0 spiro atoms. The maximum atomic E-state index is 13.1. The monoisotopic (exact) mass is 376 g/mol. The van der Waals surface area contributed by atoms with E-state index in [1.165, 1.54) is 11.8 Å². The molecule has 0 bridgehead atoms. The van der Waals surface area contributed by atoms with Crippen molar-refractivity contribution in [3.8, 4) is 0 Å². The number of ether oxygens (including phenoxy) is 1. The molecule has 1 fully saturated rings. The van der Waals surface area contributed by atoms with E-state index in [1.54, 1.807) is 0 Å². The number of carbonyl (C=O) groups is 3. The first-order valence-corrected chi connectivity index (χ1v) is 9.06. The van der Waals surface area contributed by atoms with Gasteiger partial charge in [-0.1, -0.05) is 51.1 Å². The molecule has 0 unspecified atom stereocenters. The third kappa shape index (κ3) is 5.53. The molecule has 1 saturated heterocycles. The molecule has 2 rings (SSSR count). The van der Waals surface area contributed by atoms with Crippen LogP contribution in [0, 0.1) is 5.41 Å². The van der Waals surface area contributed by atoms with Crippen molar-refractivity contribution < 1.29 is 24.2 Å². The largest absolute Gasteiger partial charge is 0.459 e. The highest BCUT2D eigenvalue weighted by molar-refractivity contribution is 5.91. The first-order chi connectivity index (χ1) is 12.6. The number of likely N-dealkylation sites (tertiary alicyclic amines) is 1. The summed E-state index contributed by atoms with van der Waals surface area (Å²) >= 11 is 0. The van der Waals surface area contributed by atoms with Crippen molar-refractivity contribution in [3.63, 3.8) is 0 Å². The molecule has 3 atom stereocenters. The van der Waals surface area contributed by atoms with Crippen molar-refractivity contribution >= 4 is 17.8 Å². The van der Waals surface area contributed by atoms with Crippen molar-refractivity contribution in [2.45, 2.75) is 58.9 Å². The SMILES string of the molecule is CC(=O)N[C@H](C(=O)N1C[C@H](O)C[C@H]1C(=O)OCc1ccccc1)C(C)(C)C. The van der Waals surface area contributed by atoms with Crippen LogP contribution in [0.3, 0.4) is 0 Å². The second-order valence-corrected chi connectivity index (χ2v) is 7.99. The Labute approximate surface area is 159 Å². The van der Waals surface area contributed by atoms with Gasteiger partial charge in [-0.3, -0.25) is 9.59 Å². The molecular formula is C20H28N2O5. The van der Waals surface area contributed by atoms with Gasteiger partial charge in [-0.05, 0) is 11.0 Å².